The van der Waals surface area contributed by atoms with E-state index in [1.54, 1.807) is 0 Å². The Morgan fingerprint density at radius 2 is 1.06 bits per heavy atom. The summed E-state index contributed by atoms with van der Waals surface area (Å²) in [6, 6.07) is 9.08. The topological polar surface area (TPSA) is 106 Å². The largest absolute Gasteiger partial charge is 0.507 e. The molecule has 2 unspecified atom stereocenters. The van der Waals surface area contributed by atoms with Crippen LogP contribution >= 0.6 is 11.6 Å². The van der Waals surface area contributed by atoms with E-state index in [-0.39, 0.29) is 59.7 Å². The zero-order chi connectivity index (χ0) is 46.7. The number of rotatable bonds is 12. The molecule has 0 amide bonds. The number of halogens is 7. The molecule has 0 spiro atoms. The molecule has 1 fully saturated rings. The molecule has 62 heavy (non-hydrogen) atoms. The summed E-state index contributed by atoms with van der Waals surface area (Å²) >= 11 is 6.00. The van der Waals surface area contributed by atoms with Gasteiger partial charge in [-0.1, -0.05) is 112 Å². The Balaban J connectivity index is 1.34. The van der Waals surface area contributed by atoms with Gasteiger partial charge in [0, 0.05) is 24.1 Å². The molecule has 5 rings (SSSR count). The second-order valence-electron chi connectivity index (χ2n) is 21.1. The Hall–Kier alpha value is -4.19. The summed E-state index contributed by atoms with van der Waals surface area (Å²) in [6.07, 6.45) is -6.92. The Morgan fingerprint density at radius 3 is 1.50 bits per heavy atom. The van der Waals surface area contributed by atoms with Crippen LogP contribution in [0.25, 0.3) is 0 Å². The highest BCUT2D eigenvalue weighted by atomic mass is 35.5. The quantitative estimate of drug-likeness (QED) is 0.0839. The average molecular weight is 891 g/mol. The van der Waals surface area contributed by atoms with Crippen LogP contribution in [0.3, 0.4) is 0 Å². The van der Waals surface area contributed by atoms with Crippen LogP contribution in [0.5, 0.6) is 11.5 Å². The molecule has 0 bridgehead atoms. The molecular weight excluding hydrogens is 830 g/mol. The lowest BCUT2D eigenvalue weighted by Crippen LogP contribution is -2.23. The van der Waals surface area contributed by atoms with Crippen LogP contribution in [0.2, 0.25) is 5.02 Å². The van der Waals surface area contributed by atoms with Crippen molar-refractivity contribution in [1.29, 1.82) is 0 Å². The van der Waals surface area contributed by atoms with Crippen molar-refractivity contribution in [3.05, 3.63) is 103 Å². The number of benzene rings is 2. The Morgan fingerprint density at radius 1 is 0.613 bits per heavy atom. The number of phenolic OH excluding ortho intramolecular Hbond substituents is 2. The summed E-state index contributed by atoms with van der Waals surface area (Å²) in [4.78, 5) is 31.7. The lowest BCUT2D eigenvalue weighted by Gasteiger charge is -2.33. The first-order chi connectivity index (χ1) is 28.2. The molecule has 2 aromatic carbocycles. The Labute approximate surface area is 366 Å². The third kappa shape index (κ3) is 10.9. The lowest BCUT2D eigenvalue weighted by molar-refractivity contribution is -0.141. The summed E-state index contributed by atoms with van der Waals surface area (Å²) in [5, 5.41) is 22.5. The van der Waals surface area contributed by atoms with E-state index in [4.69, 9.17) is 11.6 Å². The molecule has 2 aromatic heterocycles. The van der Waals surface area contributed by atoms with E-state index < -0.39 is 62.5 Å². The molecule has 0 aliphatic heterocycles. The molecule has 0 radical (unpaired) electrons. The number of aromatic hydroxyl groups is 2. The van der Waals surface area contributed by atoms with Gasteiger partial charge in [-0.25, -0.2) is 0 Å². The van der Waals surface area contributed by atoms with Crippen LogP contribution in [-0.2, 0) is 46.9 Å². The molecule has 2 heterocycles. The number of phenols is 2. The molecular formula is C49H61ClF6N2O4. The van der Waals surface area contributed by atoms with Gasteiger partial charge in [-0.05, 0) is 112 Å². The van der Waals surface area contributed by atoms with E-state index in [9.17, 15) is 46.1 Å². The molecule has 4 N–H and O–H groups in total. The number of hydrogen-bond acceptors (Lipinski definition) is 4. The monoisotopic (exact) mass is 890 g/mol. The number of aryl methyl sites for hydroxylation is 2. The van der Waals surface area contributed by atoms with Crippen LogP contribution in [0.1, 0.15) is 192 Å². The zero-order valence-corrected chi connectivity index (χ0v) is 38.4. The second-order valence-corrected chi connectivity index (χ2v) is 21.5. The normalized spacial score (nSPS) is 16.9. The first-order valence-electron chi connectivity index (χ1n) is 21.2. The molecule has 0 saturated heterocycles. The van der Waals surface area contributed by atoms with Crippen LogP contribution in [-0.4, -0.2) is 31.7 Å². The van der Waals surface area contributed by atoms with Gasteiger partial charge in [0.1, 0.15) is 22.9 Å². The second kappa shape index (κ2) is 17.1. The molecule has 4 aromatic rings. The number of hydrogen-bond donors (Lipinski definition) is 4. The molecule has 6 nitrogen and oxygen atoms in total. The standard InChI is InChI=1S/C49H61ClF6N2O4/c1-44(2,3)31-19-26(20-32(42(31)61)45(4,5)6)13-16-37(59)40-30(48(51,52)53)23-36(57-40)29-15-12-28(18-29)25-47(10,11)34-22-27(21-33(43(34)62)46(7,8)9)14-17-38(60)41-35(50)24-39(58-41)49(54,55)56/h19-24,28-29,57-58,61-62H,12-18,25H2,1-11H3. The molecule has 340 valence electrons. The van der Waals surface area contributed by atoms with Crippen LogP contribution in [0, 0.1) is 5.92 Å². The van der Waals surface area contributed by atoms with E-state index in [1.807, 2.05) is 100 Å². The molecule has 1 aliphatic rings. The summed E-state index contributed by atoms with van der Waals surface area (Å²) in [6.45, 7) is 21.6. The van der Waals surface area contributed by atoms with E-state index in [1.165, 1.54) is 0 Å². The number of aromatic amines is 2. The average Bonchev–Trinajstić information content (AvgIpc) is 3.87. The molecule has 1 saturated carbocycles. The van der Waals surface area contributed by atoms with Crippen molar-refractivity contribution in [2.75, 3.05) is 0 Å². The van der Waals surface area contributed by atoms with E-state index >= 15 is 0 Å². The number of carbonyl (C=O) groups is 2. The van der Waals surface area contributed by atoms with Crippen molar-refractivity contribution in [1.82, 2.24) is 9.97 Å². The summed E-state index contributed by atoms with van der Waals surface area (Å²) in [7, 11) is 0. The zero-order valence-electron chi connectivity index (χ0n) is 37.6. The lowest BCUT2D eigenvalue weighted by atomic mass is 9.73. The smallest absolute Gasteiger partial charge is 0.431 e. The van der Waals surface area contributed by atoms with Gasteiger partial charge in [0.2, 0.25) is 0 Å². The highest BCUT2D eigenvalue weighted by molar-refractivity contribution is 6.33. The molecule has 1 aliphatic carbocycles. The fraction of sp³-hybridized carbons (Fsp3) is 0.551. The maximum atomic E-state index is 14.5. The maximum Gasteiger partial charge on any atom is 0.431 e. The van der Waals surface area contributed by atoms with E-state index in [0.717, 1.165) is 11.6 Å². The van der Waals surface area contributed by atoms with E-state index in [0.29, 0.717) is 65.3 Å². The minimum atomic E-state index is -4.76. The van der Waals surface area contributed by atoms with Crippen LogP contribution in [0.4, 0.5) is 26.3 Å². The number of nitrogens with one attached hydrogen (secondary N) is 2. The number of carbonyl (C=O) groups excluding carboxylic acids is 2. The van der Waals surface area contributed by atoms with Gasteiger partial charge < -0.3 is 20.2 Å². The Kier molecular flexibility index (Phi) is 13.4. The van der Waals surface area contributed by atoms with Gasteiger partial charge in [0.15, 0.2) is 11.6 Å². The summed E-state index contributed by atoms with van der Waals surface area (Å²) in [5.74, 6) is -1.13. The highest BCUT2D eigenvalue weighted by Crippen LogP contribution is 2.49. The third-order valence-electron chi connectivity index (χ3n) is 12.3. The third-order valence-corrected chi connectivity index (χ3v) is 12.6. The predicted octanol–water partition coefficient (Wildman–Crippen LogP) is 14.2. The highest BCUT2D eigenvalue weighted by Gasteiger charge is 2.41. The first-order valence-corrected chi connectivity index (χ1v) is 21.6. The molecule has 2 atom stereocenters. The predicted molar refractivity (Wildman–Crippen MR) is 232 cm³/mol. The van der Waals surface area contributed by atoms with Gasteiger partial charge in [-0.15, -0.1) is 0 Å². The summed E-state index contributed by atoms with van der Waals surface area (Å²) in [5.41, 5.74) is -0.267. The van der Waals surface area contributed by atoms with Gasteiger partial charge >= 0.3 is 12.4 Å². The van der Waals surface area contributed by atoms with Crippen LogP contribution < -0.4 is 0 Å². The summed E-state index contributed by atoms with van der Waals surface area (Å²) < 4.78 is 83.3. The van der Waals surface area contributed by atoms with Crippen molar-refractivity contribution in [3.8, 4) is 11.5 Å². The fourth-order valence-electron chi connectivity index (χ4n) is 8.97. The SMILES string of the molecule is CC(C)(C)c1cc(CCC(=O)c2[nH]c(C3CCC(CC(C)(C)c4cc(CCC(=O)c5[nH]c(C(F)(F)F)cc5Cl)cc(C(C)(C)C)c4O)C3)cc2C(F)(F)F)cc(C(C)(C)C)c1O. The minimum Gasteiger partial charge on any atom is -0.507 e. The minimum absolute atomic E-state index is 0.0656. The van der Waals surface area contributed by atoms with Crippen molar-refractivity contribution < 1.29 is 46.1 Å². The number of aromatic nitrogens is 2. The van der Waals surface area contributed by atoms with Crippen LogP contribution in [0.15, 0.2) is 36.4 Å². The van der Waals surface area contributed by atoms with Gasteiger partial charge in [0.25, 0.3) is 0 Å². The molecule has 13 heteroatoms. The van der Waals surface area contributed by atoms with Gasteiger partial charge in [-0.2, -0.15) is 26.3 Å². The number of ketones is 2. The first kappa shape index (κ1) is 48.8. The van der Waals surface area contributed by atoms with E-state index in [2.05, 4.69) is 9.97 Å². The van der Waals surface area contributed by atoms with Crippen molar-refractivity contribution >= 4 is 23.2 Å². The maximum absolute atomic E-state index is 14.5. The Bertz CT molecular complexity index is 2280. The van der Waals surface area contributed by atoms with Gasteiger partial charge in [-0.3, -0.25) is 9.59 Å². The van der Waals surface area contributed by atoms with Crippen molar-refractivity contribution in [2.45, 2.75) is 167 Å². The number of alkyl halides is 6. The van der Waals surface area contributed by atoms with Crippen molar-refractivity contribution in [3.63, 3.8) is 0 Å². The fourth-order valence-corrected chi connectivity index (χ4v) is 9.23. The van der Waals surface area contributed by atoms with Crippen molar-refractivity contribution in [2.24, 2.45) is 5.92 Å². The van der Waals surface area contributed by atoms with Gasteiger partial charge in [0.05, 0.1) is 16.3 Å². The number of H-pyrrole nitrogens is 2. The number of Topliss-reactive ketones (excluding diaryl/α,β-unsaturated/α-hetero) is 2.